The molecule has 1 unspecified atom stereocenters. The number of benzene rings is 2. The van der Waals surface area contributed by atoms with E-state index in [1.807, 2.05) is 0 Å². The molecule has 2 aromatic rings. The van der Waals surface area contributed by atoms with Gasteiger partial charge in [0, 0.05) is 12.1 Å². The highest BCUT2D eigenvalue weighted by Crippen LogP contribution is 2.31. The van der Waals surface area contributed by atoms with Crippen molar-refractivity contribution in [2.45, 2.75) is 50.8 Å². The third kappa shape index (κ3) is 2.89. The minimum Gasteiger partial charge on any atom is -0.490 e. The van der Waals surface area contributed by atoms with Crippen LogP contribution in [0.4, 0.5) is 0 Å². The van der Waals surface area contributed by atoms with Gasteiger partial charge in [-0.2, -0.15) is 0 Å². The van der Waals surface area contributed by atoms with E-state index in [0.29, 0.717) is 18.2 Å². The molecule has 2 aliphatic rings. The average molecular weight is 293 g/mol. The second-order valence-corrected chi connectivity index (χ2v) is 6.75. The van der Waals surface area contributed by atoms with Crippen LogP contribution in [0.15, 0.2) is 48.5 Å². The molecule has 0 radical (unpaired) electrons. The van der Waals surface area contributed by atoms with Crippen LogP contribution in [0, 0.1) is 6.92 Å². The first-order valence-corrected chi connectivity index (χ1v) is 8.36. The summed E-state index contributed by atoms with van der Waals surface area (Å²) in [7, 11) is 0. The Kier molecular flexibility index (Phi) is 3.63. The van der Waals surface area contributed by atoms with Gasteiger partial charge in [-0.05, 0) is 55.9 Å². The molecule has 2 aliphatic heterocycles. The minimum absolute atomic E-state index is 0.367. The topological polar surface area (TPSA) is 21.3 Å². The molecule has 2 bridgehead atoms. The molecule has 0 spiro atoms. The molecule has 114 valence electrons. The maximum atomic E-state index is 6.29. The standard InChI is InChI=1S/C20H23NO/c1-14-4-2-5-15(10-14)16-6-3-7-19(11-16)22-20-12-17-8-9-18(13-20)21-17/h2-7,10-11,17-18,20-21H,8-9,12-13H2,1H3/t17-,18+,20?. The summed E-state index contributed by atoms with van der Waals surface area (Å²) in [5.74, 6) is 1.00. The highest BCUT2D eigenvalue weighted by molar-refractivity contribution is 5.65. The maximum Gasteiger partial charge on any atom is 0.120 e. The van der Waals surface area contributed by atoms with E-state index in [1.54, 1.807) is 0 Å². The first-order chi connectivity index (χ1) is 10.8. The zero-order valence-electron chi connectivity index (χ0n) is 13.1. The van der Waals surface area contributed by atoms with Gasteiger partial charge in [0.15, 0.2) is 0 Å². The van der Waals surface area contributed by atoms with Crippen LogP contribution in [0.3, 0.4) is 0 Å². The number of rotatable bonds is 3. The van der Waals surface area contributed by atoms with Crippen molar-refractivity contribution >= 4 is 0 Å². The number of ether oxygens (including phenoxy) is 1. The predicted molar refractivity (Wildman–Crippen MR) is 90.2 cm³/mol. The lowest BCUT2D eigenvalue weighted by Gasteiger charge is -2.29. The van der Waals surface area contributed by atoms with E-state index < -0.39 is 0 Å². The van der Waals surface area contributed by atoms with Crippen LogP contribution >= 0.6 is 0 Å². The van der Waals surface area contributed by atoms with Crippen LogP contribution in [0.2, 0.25) is 0 Å². The van der Waals surface area contributed by atoms with Gasteiger partial charge in [0.1, 0.15) is 11.9 Å². The molecule has 0 aliphatic carbocycles. The normalized spacial score (nSPS) is 26.9. The van der Waals surface area contributed by atoms with Crippen LogP contribution in [0.5, 0.6) is 5.75 Å². The maximum absolute atomic E-state index is 6.29. The Balaban J connectivity index is 1.52. The Hall–Kier alpha value is -1.80. The van der Waals surface area contributed by atoms with Crippen molar-refractivity contribution in [3.63, 3.8) is 0 Å². The fraction of sp³-hybridized carbons (Fsp3) is 0.400. The zero-order valence-corrected chi connectivity index (χ0v) is 13.1. The Morgan fingerprint density at radius 3 is 2.32 bits per heavy atom. The molecule has 2 aromatic carbocycles. The van der Waals surface area contributed by atoms with Crippen molar-refractivity contribution in [2.24, 2.45) is 0 Å². The predicted octanol–water partition coefficient (Wildman–Crippen LogP) is 4.32. The molecule has 0 saturated carbocycles. The summed E-state index contributed by atoms with van der Waals surface area (Å²) >= 11 is 0. The van der Waals surface area contributed by atoms with Crippen LogP contribution < -0.4 is 10.1 Å². The van der Waals surface area contributed by atoms with E-state index in [1.165, 1.54) is 29.5 Å². The van der Waals surface area contributed by atoms with Crippen molar-refractivity contribution in [1.29, 1.82) is 0 Å². The molecule has 4 rings (SSSR count). The first-order valence-electron chi connectivity index (χ1n) is 8.36. The monoisotopic (exact) mass is 293 g/mol. The summed E-state index contributed by atoms with van der Waals surface area (Å²) in [4.78, 5) is 0. The van der Waals surface area contributed by atoms with E-state index in [2.05, 4.69) is 60.8 Å². The minimum atomic E-state index is 0.367. The van der Waals surface area contributed by atoms with Gasteiger partial charge in [-0.25, -0.2) is 0 Å². The van der Waals surface area contributed by atoms with Gasteiger partial charge < -0.3 is 10.1 Å². The first kappa shape index (κ1) is 13.8. The molecule has 1 N–H and O–H groups in total. The number of hydrogen-bond donors (Lipinski definition) is 1. The summed E-state index contributed by atoms with van der Waals surface area (Å²) in [5.41, 5.74) is 3.78. The second-order valence-electron chi connectivity index (χ2n) is 6.75. The number of hydrogen-bond acceptors (Lipinski definition) is 2. The van der Waals surface area contributed by atoms with E-state index in [0.717, 1.165) is 18.6 Å². The SMILES string of the molecule is Cc1cccc(-c2cccc(OC3C[C@H]4CC[C@@H](C3)N4)c2)c1. The third-order valence-electron chi connectivity index (χ3n) is 4.92. The number of fused-ring (bicyclic) bond motifs is 2. The highest BCUT2D eigenvalue weighted by Gasteiger charge is 2.34. The Labute approximate surface area is 132 Å². The van der Waals surface area contributed by atoms with Gasteiger partial charge in [0.2, 0.25) is 0 Å². The molecule has 2 fully saturated rings. The smallest absolute Gasteiger partial charge is 0.120 e. The molecule has 2 heteroatoms. The molecule has 2 saturated heterocycles. The third-order valence-corrected chi connectivity index (χ3v) is 4.92. The molecular weight excluding hydrogens is 270 g/mol. The van der Waals surface area contributed by atoms with Gasteiger partial charge in [-0.15, -0.1) is 0 Å². The van der Waals surface area contributed by atoms with Gasteiger partial charge in [-0.3, -0.25) is 0 Å². The number of piperidine rings is 1. The lowest BCUT2D eigenvalue weighted by Crippen LogP contribution is -2.42. The van der Waals surface area contributed by atoms with E-state index in [-0.39, 0.29) is 0 Å². The molecule has 2 nitrogen and oxygen atoms in total. The molecule has 3 atom stereocenters. The summed E-state index contributed by atoms with van der Waals surface area (Å²) in [6, 6.07) is 18.5. The lowest BCUT2D eigenvalue weighted by molar-refractivity contribution is 0.137. The lowest BCUT2D eigenvalue weighted by atomic mass is 10.0. The van der Waals surface area contributed by atoms with Crippen LogP contribution in [0.1, 0.15) is 31.2 Å². The summed E-state index contributed by atoms with van der Waals surface area (Å²) in [6.45, 7) is 2.13. The Morgan fingerprint density at radius 2 is 1.59 bits per heavy atom. The molecular formula is C20H23NO. The van der Waals surface area contributed by atoms with E-state index in [4.69, 9.17) is 4.74 Å². The Bertz CT molecular complexity index is 654. The quantitative estimate of drug-likeness (QED) is 0.909. The zero-order chi connectivity index (χ0) is 14.9. The van der Waals surface area contributed by atoms with Crippen molar-refractivity contribution in [3.8, 4) is 16.9 Å². The fourth-order valence-electron chi connectivity index (χ4n) is 3.87. The molecule has 2 heterocycles. The molecule has 0 amide bonds. The fourth-order valence-corrected chi connectivity index (χ4v) is 3.87. The van der Waals surface area contributed by atoms with Gasteiger partial charge in [0.05, 0.1) is 0 Å². The van der Waals surface area contributed by atoms with Crippen molar-refractivity contribution in [3.05, 3.63) is 54.1 Å². The Morgan fingerprint density at radius 1 is 0.909 bits per heavy atom. The molecule has 0 aromatic heterocycles. The summed E-state index contributed by atoms with van der Waals surface area (Å²) in [5, 5.41) is 3.67. The van der Waals surface area contributed by atoms with Crippen LogP contribution in [-0.4, -0.2) is 18.2 Å². The van der Waals surface area contributed by atoms with Crippen molar-refractivity contribution < 1.29 is 4.74 Å². The van der Waals surface area contributed by atoms with Crippen LogP contribution in [0.25, 0.3) is 11.1 Å². The molecule has 22 heavy (non-hydrogen) atoms. The van der Waals surface area contributed by atoms with E-state index in [9.17, 15) is 0 Å². The summed E-state index contributed by atoms with van der Waals surface area (Å²) in [6.07, 6.45) is 5.28. The summed E-state index contributed by atoms with van der Waals surface area (Å²) < 4.78 is 6.29. The number of aryl methyl sites for hydroxylation is 1. The average Bonchev–Trinajstić information content (AvgIpc) is 2.86. The van der Waals surface area contributed by atoms with E-state index >= 15 is 0 Å². The van der Waals surface area contributed by atoms with Crippen LogP contribution in [-0.2, 0) is 0 Å². The van der Waals surface area contributed by atoms with Gasteiger partial charge in [0.25, 0.3) is 0 Å². The van der Waals surface area contributed by atoms with Crippen molar-refractivity contribution in [1.82, 2.24) is 5.32 Å². The second kappa shape index (κ2) is 5.77. The van der Waals surface area contributed by atoms with Gasteiger partial charge in [-0.1, -0.05) is 42.0 Å². The largest absolute Gasteiger partial charge is 0.490 e. The number of nitrogens with one attached hydrogen (secondary N) is 1. The van der Waals surface area contributed by atoms with Gasteiger partial charge >= 0.3 is 0 Å². The van der Waals surface area contributed by atoms with Crippen molar-refractivity contribution in [2.75, 3.05) is 0 Å². The highest BCUT2D eigenvalue weighted by atomic mass is 16.5.